The zero-order valence-corrected chi connectivity index (χ0v) is 22.8. The van der Waals surface area contributed by atoms with Crippen LogP contribution in [-0.4, -0.2) is 51.6 Å². The number of hydrogen-bond donors (Lipinski definition) is 1. The van der Waals surface area contributed by atoms with Crippen LogP contribution >= 0.6 is 0 Å². The van der Waals surface area contributed by atoms with E-state index in [-0.39, 0.29) is 29.6 Å². The summed E-state index contributed by atoms with van der Waals surface area (Å²) in [7, 11) is 1.59. The van der Waals surface area contributed by atoms with E-state index >= 15 is 0 Å². The van der Waals surface area contributed by atoms with Gasteiger partial charge in [0.15, 0.2) is 0 Å². The van der Waals surface area contributed by atoms with E-state index in [4.69, 9.17) is 9.84 Å². The Hall–Kier alpha value is -4.99. The minimum atomic E-state index is -0.522. The van der Waals surface area contributed by atoms with E-state index in [2.05, 4.69) is 5.32 Å². The highest BCUT2D eigenvalue weighted by Crippen LogP contribution is 2.33. The van der Waals surface area contributed by atoms with E-state index in [1.807, 2.05) is 75.4 Å². The summed E-state index contributed by atoms with van der Waals surface area (Å²) in [5, 5.41) is 18.7. The molecule has 4 aromatic rings. The number of nitro benzene ring substituents is 1. The van der Waals surface area contributed by atoms with Gasteiger partial charge in [-0.3, -0.25) is 19.7 Å². The third-order valence-electron chi connectivity index (χ3n) is 6.23. The normalized spacial score (nSPS) is 10.8. The maximum absolute atomic E-state index is 13.5. The second-order valence-electron chi connectivity index (χ2n) is 9.72. The molecule has 0 saturated heterocycles. The van der Waals surface area contributed by atoms with Gasteiger partial charge in [-0.25, -0.2) is 4.68 Å². The van der Waals surface area contributed by atoms with Crippen LogP contribution in [0.4, 0.5) is 11.5 Å². The lowest BCUT2D eigenvalue weighted by molar-refractivity contribution is -0.384. The topological polar surface area (TPSA) is 120 Å². The molecule has 10 heteroatoms. The number of nitro groups is 1. The van der Waals surface area contributed by atoms with E-state index in [1.54, 1.807) is 11.8 Å². The first-order valence-corrected chi connectivity index (χ1v) is 12.8. The largest absolute Gasteiger partial charge is 0.497 e. The molecule has 0 radical (unpaired) electrons. The first kappa shape index (κ1) is 28.0. The van der Waals surface area contributed by atoms with Gasteiger partial charge < -0.3 is 15.0 Å². The average Bonchev–Trinajstić information content (AvgIpc) is 3.27. The predicted molar refractivity (Wildman–Crippen MR) is 153 cm³/mol. The van der Waals surface area contributed by atoms with E-state index in [0.29, 0.717) is 18.1 Å². The second kappa shape index (κ2) is 12.2. The number of ether oxygens (including phenoxy) is 1. The van der Waals surface area contributed by atoms with Gasteiger partial charge in [0.1, 0.15) is 18.1 Å². The quantitative estimate of drug-likeness (QED) is 0.209. The molecular formula is C30H31N5O5. The molecule has 0 fully saturated rings. The van der Waals surface area contributed by atoms with Crippen LogP contribution in [0.25, 0.3) is 16.8 Å². The van der Waals surface area contributed by atoms with Crippen LogP contribution in [0.3, 0.4) is 0 Å². The monoisotopic (exact) mass is 541 g/mol. The third kappa shape index (κ3) is 6.35. The highest BCUT2D eigenvalue weighted by atomic mass is 16.6. The summed E-state index contributed by atoms with van der Waals surface area (Å²) in [4.78, 5) is 38.8. The number of hydrogen-bond acceptors (Lipinski definition) is 6. The van der Waals surface area contributed by atoms with Gasteiger partial charge in [0.05, 0.1) is 23.4 Å². The highest BCUT2D eigenvalue weighted by Gasteiger charge is 2.24. The number of carbonyl (C=O) groups excluding carboxylic acids is 2. The van der Waals surface area contributed by atoms with Gasteiger partial charge in [0.2, 0.25) is 5.91 Å². The minimum absolute atomic E-state index is 0.0850. The fourth-order valence-corrected chi connectivity index (χ4v) is 4.42. The molecule has 1 heterocycles. The van der Waals surface area contributed by atoms with Gasteiger partial charge in [-0.2, -0.15) is 5.10 Å². The Morgan fingerprint density at radius 2 is 1.68 bits per heavy atom. The molecule has 0 saturated carbocycles. The third-order valence-corrected chi connectivity index (χ3v) is 6.23. The first-order chi connectivity index (χ1) is 19.2. The van der Waals surface area contributed by atoms with E-state index in [9.17, 15) is 19.7 Å². The first-order valence-electron chi connectivity index (χ1n) is 12.8. The lowest BCUT2D eigenvalue weighted by atomic mass is 10.1. The molecule has 0 atom stereocenters. The van der Waals surface area contributed by atoms with Crippen molar-refractivity contribution >= 4 is 23.3 Å². The number of carbonyl (C=O) groups is 2. The predicted octanol–water partition coefficient (Wildman–Crippen LogP) is 5.50. The molecule has 1 aromatic heterocycles. The lowest BCUT2D eigenvalue weighted by Crippen LogP contribution is -2.40. The standard InChI is InChI=1S/C30H31N5O5/c1-20(2)18-33(30(37)23-10-12-25(13-11-23)35(38)39)19-27(36)31-29-28(22-8-6-5-7-9-22)21(3)32-34(29)24-14-16-26(40-4)17-15-24/h5-17,20H,18-19H2,1-4H3,(H,31,36). The zero-order valence-electron chi connectivity index (χ0n) is 22.8. The number of aromatic nitrogens is 2. The Bertz CT molecular complexity index is 1500. The Balaban J connectivity index is 1.66. The van der Waals surface area contributed by atoms with Gasteiger partial charge in [0, 0.05) is 29.8 Å². The number of nitrogens with zero attached hydrogens (tertiary/aromatic N) is 4. The van der Waals surface area contributed by atoms with Crippen molar-refractivity contribution in [2.75, 3.05) is 25.5 Å². The molecule has 0 bridgehead atoms. The van der Waals surface area contributed by atoms with Gasteiger partial charge in [-0.05, 0) is 54.8 Å². The molecule has 2 amide bonds. The number of aryl methyl sites for hydroxylation is 1. The van der Waals surface area contributed by atoms with Crippen LogP contribution < -0.4 is 10.1 Å². The van der Waals surface area contributed by atoms with Crippen LogP contribution in [-0.2, 0) is 4.79 Å². The average molecular weight is 542 g/mol. The molecule has 40 heavy (non-hydrogen) atoms. The molecule has 10 nitrogen and oxygen atoms in total. The second-order valence-corrected chi connectivity index (χ2v) is 9.72. The van der Waals surface area contributed by atoms with Crippen molar-refractivity contribution < 1.29 is 19.2 Å². The number of benzene rings is 3. The molecule has 1 N–H and O–H groups in total. The summed E-state index contributed by atoms with van der Waals surface area (Å²) in [6, 6.07) is 22.3. The Kier molecular flexibility index (Phi) is 8.58. The molecule has 0 unspecified atom stereocenters. The van der Waals surface area contributed by atoms with E-state index < -0.39 is 10.8 Å². The van der Waals surface area contributed by atoms with Gasteiger partial charge in [-0.1, -0.05) is 44.2 Å². The fourth-order valence-electron chi connectivity index (χ4n) is 4.42. The van der Waals surface area contributed by atoms with Crippen molar-refractivity contribution in [2.24, 2.45) is 5.92 Å². The smallest absolute Gasteiger partial charge is 0.269 e. The van der Waals surface area contributed by atoms with Crippen molar-refractivity contribution in [2.45, 2.75) is 20.8 Å². The molecule has 3 aromatic carbocycles. The van der Waals surface area contributed by atoms with Crippen molar-refractivity contribution in [3.05, 3.63) is 100 Å². The van der Waals surface area contributed by atoms with Crippen molar-refractivity contribution in [3.63, 3.8) is 0 Å². The van der Waals surface area contributed by atoms with Crippen LogP contribution in [0.2, 0.25) is 0 Å². The summed E-state index contributed by atoms with van der Waals surface area (Å²) >= 11 is 0. The summed E-state index contributed by atoms with van der Waals surface area (Å²) < 4.78 is 6.95. The maximum atomic E-state index is 13.5. The van der Waals surface area contributed by atoms with Gasteiger partial charge >= 0.3 is 0 Å². The molecule has 4 rings (SSSR count). The Labute approximate surface area is 232 Å². The number of nitrogens with one attached hydrogen (secondary N) is 1. The van der Waals surface area contributed by atoms with Gasteiger partial charge in [0.25, 0.3) is 11.6 Å². The van der Waals surface area contributed by atoms with Crippen LogP contribution in [0.15, 0.2) is 78.9 Å². The Morgan fingerprint density at radius 3 is 2.25 bits per heavy atom. The molecule has 0 aliphatic heterocycles. The summed E-state index contributed by atoms with van der Waals surface area (Å²) in [5.74, 6) is 0.466. The van der Waals surface area contributed by atoms with Crippen molar-refractivity contribution in [1.29, 1.82) is 0 Å². The molecule has 206 valence electrons. The van der Waals surface area contributed by atoms with Crippen LogP contribution in [0, 0.1) is 23.0 Å². The van der Waals surface area contributed by atoms with Crippen molar-refractivity contribution in [3.8, 4) is 22.6 Å². The van der Waals surface area contributed by atoms with E-state index in [0.717, 1.165) is 22.5 Å². The van der Waals surface area contributed by atoms with Crippen molar-refractivity contribution in [1.82, 2.24) is 14.7 Å². The zero-order chi connectivity index (χ0) is 28.8. The molecule has 0 spiro atoms. The minimum Gasteiger partial charge on any atom is -0.497 e. The fraction of sp³-hybridized carbons (Fsp3) is 0.233. The number of anilines is 1. The lowest BCUT2D eigenvalue weighted by Gasteiger charge is -2.24. The maximum Gasteiger partial charge on any atom is 0.269 e. The summed E-state index contributed by atoms with van der Waals surface area (Å²) in [6.07, 6.45) is 0. The van der Waals surface area contributed by atoms with Gasteiger partial charge in [-0.15, -0.1) is 0 Å². The number of rotatable bonds is 10. The highest BCUT2D eigenvalue weighted by molar-refractivity contribution is 6.01. The van der Waals surface area contributed by atoms with Crippen LogP contribution in [0.1, 0.15) is 29.9 Å². The molecule has 0 aliphatic rings. The van der Waals surface area contributed by atoms with Crippen LogP contribution in [0.5, 0.6) is 5.75 Å². The Morgan fingerprint density at radius 1 is 1.02 bits per heavy atom. The summed E-state index contributed by atoms with van der Waals surface area (Å²) in [6.45, 7) is 5.88. The van der Waals surface area contributed by atoms with E-state index in [1.165, 1.54) is 29.2 Å². The number of non-ortho nitro benzene ring substituents is 1. The number of methoxy groups -OCH3 is 1. The SMILES string of the molecule is COc1ccc(-n2nc(C)c(-c3ccccc3)c2NC(=O)CN(CC(C)C)C(=O)c2ccc([N+](=O)[O-])cc2)cc1. The number of amides is 2. The summed E-state index contributed by atoms with van der Waals surface area (Å²) in [5.41, 5.74) is 3.25. The molecule has 0 aliphatic carbocycles. The molecular weight excluding hydrogens is 510 g/mol.